The minimum absolute atomic E-state index is 0.0588. The largest absolute Gasteiger partial charge is 0.493 e. The van der Waals surface area contributed by atoms with Gasteiger partial charge in [-0.15, -0.1) is 0 Å². The van der Waals surface area contributed by atoms with E-state index < -0.39 is 24.3 Å². The number of carbonyl (C=O) groups excluding carboxylic acids is 2. The van der Waals surface area contributed by atoms with E-state index in [1.54, 1.807) is 32.2 Å². The molecule has 1 N–H and O–H groups in total. The fourth-order valence-electron chi connectivity index (χ4n) is 4.21. The van der Waals surface area contributed by atoms with Crippen LogP contribution in [0.25, 0.3) is 17.2 Å². The zero-order valence-electron chi connectivity index (χ0n) is 22.8. The van der Waals surface area contributed by atoms with Gasteiger partial charge >= 0.3 is 5.97 Å². The van der Waals surface area contributed by atoms with Crippen molar-refractivity contribution >= 4 is 17.8 Å². The smallest absolute Gasteiger partial charge is 0.313 e. The quantitative estimate of drug-likeness (QED) is 0.199. The first-order valence-corrected chi connectivity index (χ1v) is 12.9. The number of hydrogen-bond acceptors (Lipinski definition) is 6. The number of hydrogen-bond donors (Lipinski definition) is 1. The van der Waals surface area contributed by atoms with Gasteiger partial charge in [0.2, 0.25) is 0 Å². The topological polar surface area (TPSA) is 82.1 Å². The SMILES string of the molecule is CCOC(=O)CC(=O)CC(O)/C=C/c1c(C(C)C)cc(OC)c(OCc2ccccc2)c1-c1ccc(F)cc1. The Morgan fingerprint density at radius 3 is 2.36 bits per heavy atom. The van der Waals surface area contributed by atoms with Crippen molar-refractivity contribution in [1.29, 1.82) is 0 Å². The predicted molar refractivity (Wildman–Crippen MR) is 149 cm³/mol. The molecule has 0 spiro atoms. The molecule has 0 bridgehead atoms. The molecule has 0 aliphatic rings. The van der Waals surface area contributed by atoms with Gasteiger partial charge in [0.1, 0.15) is 24.6 Å². The molecular weight excluding hydrogens is 499 g/mol. The zero-order chi connectivity index (χ0) is 28.4. The molecular formula is C32H35FO6. The van der Waals surface area contributed by atoms with Crippen LogP contribution in [0.1, 0.15) is 56.2 Å². The van der Waals surface area contributed by atoms with Gasteiger partial charge in [0, 0.05) is 12.0 Å². The van der Waals surface area contributed by atoms with Crippen molar-refractivity contribution in [3.63, 3.8) is 0 Å². The number of ketones is 1. The van der Waals surface area contributed by atoms with Crippen molar-refractivity contribution in [2.45, 2.75) is 52.2 Å². The van der Waals surface area contributed by atoms with Gasteiger partial charge < -0.3 is 19.3 Å². The minimum Gasteiger partial charge on any atom is -0.493 e. The number of aliphatic hydroxyl groups excluding tert-OH is 1. The maximum atomic E-state index is 13.9. The van der Waals surface area contributed by atoms with Gasteiger partial charge in [0.15, 0.2) is 11.5 Å². The molecule has 0 aliphatic carbocycles. The first-order chi connectivity index (χ1) is 18.7. The summed E-state index contributed by atoms with van der Waals surface area (Å²) >= 11 is 0. The van der Waals surface area contributed by atoms with Gasteiger partial charge in [0.25, 0.3) is 0 Å². The lowest BCUT2D eigenvalue weighted by molar-refractivity contribution is -0.145. The molecule has 0 heterocycles. The summed E-state index contributed by atoms with van der Waals surface area (Å²) in [5, 5.41) is 10.6. The second-order valence-corrected chi connectivity index (χ2v) is 9.37. The highest BCUT2D eigenvalue weighted by Gasteiger charge is 2.23. The minimum atomic E-state index is -1.12. The molecule has 0 saturated carbocycles. The van der Waals surface area contributed by atoms with Crippen LogP contribution in [0.3, 0.4) is 0 Å². The zero-order valence-corrected chi connectivity index (χ0v) is 22.8. The number of benzene rings is 3. The van der Waals surface area contributed by atoms with Gasteiger partial charge in [-0.05, 0) is 53.3 Å². The summed E-state index contributed by atoms with van der Waals surface area (Å²) in [4.78, 5) is 23.9. The van der Waals surface area contributed by atoms with Crippen molar-refractivity contribution in [2.24, 2.45) is 0 Å². The van der Waals surface area contributed by atoms with E-state index >= 15 is 0 Å². The third-order valence-corrected chi connectivity index (χ3v) is 6.09. The van der Waals surface area contributed by atoms with Crippen LogP contribution in [-0.4, -0.2) is 36.7 Å². The average molecular weight is 535 g/mol. The Labute approximate surface area is 229 Å². The molecule has 1 atom stereocenters. The average Bonchev–Trinajstić information content (AvgIpc) is 2.91. The van der Waals surface area contributed by atoms with Gasteiger partial charge in [0.05, 0.1) is 19.8 Å². The number of rotatable bonds is 13. The van der Waals surface area contributed by atoms with Crippen LogP contribution in [0.2, 0.25) is 0 Å². The highest BCUT2D eigenvalue weighted by atomic mass is 19.1. The summed E-state index contributed by atoms with van der Waals surface area (Å²) in [6.07, 6.45) is 1.52. The van der Waals surface area contributed by atoms with Gasteiger partial charge in [-0.25, -0.2) is 4.39 Å². The number of ether oxygens (including phenoxy) is 3. The Morgan fingerprint density at radius 2 is 1.74 bits per heavy atom. The number of carbonyl (C=O) groups is 2. The summed E-state index contributed by atoms with van der Waals surface area (Å²) in [5.41, 5.74) is 4.00. The molecule has 0 radical (unpaired) electrons. The van der Waals surface area contributed by atoms with E-state index in [-0.39, 0.29) is 31.4 Å². The Balaban J connectivity index is 2.07. The second-order valence-electron chi connectivity index (χ2n) is 9.37. The highest BCUT2D eigenvalue weighted by molar-refractivity contribution is 5.96. The van der Waals surface area contributed by atoms with Crippen LogP contribution in [-0.2, 0) is 20.9 Å². The number of Topliss-reactive ketones (excluding diaryl/α,β-unsaturated/α-hetero) is 1. The van der Waals surface area contributed by atoms with Crippen LogP contribution >= 0.6 is 0 Å². The van der Waals surface area contributed by atoms with Gasteiger partial charge in [-0.2, -0.15) is 0 Å². The first-order valence-electron chi connectivity index (χ1n) is 12.9. The molecule has 3 rings (SSSR count). The third-order valence-electron chi connectivity index (χ3n) is 6.09. The van der Waals surface area contributed by atoms with E-state index in [1.165, 1.54) is 18.2 Å². The molecule has 3 aromatic rings. The molecule has 1 unspecified atom stereocenters. The standard InChI is InChI=1S/C32H35FO6/c1-5-38-30(36)18-26(35)17-25(34)15-16-27-28(21(2)3)19-29(37-4)32(39-20-22-9-7-6-8-10-22)31(27)23-11-13-24(33)14-12-23/h6-16,19,21,25,34H,5,17-18,20H2,1-4H3/b16-15+. The van der Waals surface area contributed by atoms with E-state index in [2.05, 4.69) is 0 Å². The van der Waals surface area contributed by atoms with E-state index in [9.17, 15) is 19.1 Å². The lowest BCUT2D eigenvalue weighted by Crippen LogP contribution is -2.16. The van der Waals surface area contributed by atoms with Crippen LogP contribution in [0.5, 0.6) is 11.5 Å². The number of esters is 1. The van der Waals surface area contributed by atoms with Crippen molar-refractivity contribution in [1.82, 2.24) is 0 Å². The Bertz CT molecular complexity index is 1280. The fourth-order valence-corrected chi connectivity index (χ4v) is 4.21. The lowest BCUT2D eigenvalue weighted by Gasteiger charge is -2.23. The van der Waals surface area contributed by atoms with Crippen LogP contribution in [0, 0.1) is 5.82 Å². The Kier molecular flexibility index (Phi) is 10.8. The normalized spacial score (nSPS) is 12.0. The summed E-state index contributed by atoms with van der Waals surface area (Å²) < 4.78 is 30.8. The summed E-state index contributed by atoms with van der Waals surface area (Å²) in [5.74, 6) is -0.348. The number of methoxy groups -OCH3 is 1. The van der Waals surface area contributed by atoms with Crippen LogP contribution in [0.4, 0.5) is 4.39 Å². The monoisotopic (exact) mass is 534 g/mol. The molecule has 7 heteroatoms. The van der Waals surface area contributed by atoms with Crippen LogP contribution < -0.4 is 9.47 Å². The lowest BCUT2D eigenvalue weighted by atomic mass is 9.88. The maximum absolute atomic E-state index is 13.9. The van der Waals surface area contributed by atoms with Crippen molar-refractivity contribution < 1.29 is 33.3 Å². The molecule has 3 aromatic carbocycles. The second kappa shape index (κ2) is 14.3. The molecule has 206 valence electrons. The molecule has 0 aliphatic heterocycles. The molecule has 0 aromatic heterocycles. The van der Waals surface area contributed by atoms with Crippen molar-refractivity contribution in [2.75, 3.05) is 13.7 Å². The summed E-state index contributed by atoms with van der Waals surface area (Å²) in [6, 6.07) is 17.7. The summed E-state index contributed by atoms with van der Waals surface area (Å²) in [7, 11) is 1.57. The highest BCUT2D eigenvalue weighted by Crippen LogP contribution is 2.45. The molecule has 39 heavy (non-hydrogen) atoms. The third kappa shape index (κ3) is 8.26. The predicted octanol–water partition coefficient (Wildman–Crippen LogP) is 6.49. The number of halogens is 1. The van der Waals surface area contributed by atoms with E-state index in [0.717, 1.165) is 16.7 Å². The van der Waals surface area contributed by atoms with Gasteiger partial charge in [-0.1, -0.05) is 68.5 Å². The van der Waals surface area contributed by atoms with E-state index in [4.69, 9.17) is 14.2 Å². The fraction of sp³-hybridized carbons (Fsp3) is 0.312. The molecule has 0 fully saturated rings. The van der Waals surface area contributed by atoms with Gasteiger partial charge in [-0.3, -0.25) is 9.59 Å². The molecule has 0 saturated heterocycles. The Morgan fingerprint density at radius 1 is 1.05 bits per heavy atom. The summed E-state index contributed by atoms with van der Waals surface area (Å²) in [6.45, 7) is 6.19. The van der Waals surface area contributed by atoms with Crippen molar-refractivity contribution in [3.05, 3.63) is 89.2 Å². The van der Waals surface area contributed by atoms with Crippen LogP contribution in [0.15, 0.2) is 66.7 Å². The maximum Gasteiger partial charge on any atom is 0.313 e. The molecule has 6 nitrogen and oxygen atoms in total. The first kappa shape index (κ1) is 29.6. The Hall–Kier alpha value is -3.97. The number of aliphatic hydroxyl groups is 1. The molecule has 0 amide bonds. The van der Waals surface area contributed by atoms with E-state index in [0.29, 0.717) is 22.6 Å². The van der Waals surface area contributed by atoms with E-state index in [1.807, 2.05) is 50.2 Å². The van der Waals surface area contributed by atoms with Crippen molar-refractivity contribution in [3.8, 4) is 22.6 Å².